The highest BCUT2D eigenvalue weighted by Crippen LogP contribution is 2.32. The van der Waals surface area contributed by atoms with E-state index in [-0.39, 0.29) is 6.61 Å². The molecule has 0 unspecified atom stereocenters. The Morgan fingerprint density at radius 1 is 1.47 bits per heavy atom. The normalized spacial score (nSPS) is 10.5. The van der Waals surface area contributed by atoms with Crippen LogP contribution in [0.3, 0.4) is 0 Å². The lowest BCUT2D eigenvalue weighted by Gasteiger charge is -2.05. The van der Waals surface area contributed by atoms with Gasteiger partial charge in [-0.05, 0) is 19.1 Å². The number of nitrogens with zero attached hydrogens (tertiary/aromatic N) is 1. The lowest BCUT2D eigenvalue weighted by Crippen LogP contribution is -1.92. The lowest BCUT2D eigenvalue weighted by atomic mass is 10.1. The monoisotopic (exact) mass is 269 g/mol. The zero-order valence-electron chi connectivity index (χ0n) is 9.31. The molecule has 1 aromatic carbocycles. The van der Waals surface area contributed by atoms with Crippen LogP contribution in [0.4, 0.5) is 0 Å². The average molecular weight is 270 g/mol. The fraction of sp³-hybridized carbons (Fsp3) is 0.250. The molecule has 1 N–H and O–H groups in total. The van der Waals surface area contributed by atoms with Gasteiger partial charge in [0.25, 0.3) is 0 Å². The van der Waals surface area contributed by atoms with Crippen LogP contribution in [0.2, 0.25) is 4.47 Å². The first-order valence-corrected chi connectivity index (χ1v) is 6.43. The predicted molar refractivity (Wildman–Crippen MR) is 69.7 cm³/mol. The first kappa shape index (κ1) is 12.4. The van der Waals surface area contributed by atoms with Crippen molar-refractivity contribution in [2.75, 3.05) is 6.61 Å². The molecule has 0 aliphatic carbocycles. The number of thiazole rings is 1. The summed E-state index contributed by atoms with van der Waals surface area (Å²) in [5.74, 6) is 0.790. The van der Waals surface area contributed by atoms with Crippen molar-refractivity contribution in [3.8, 4) is 17.0 Å². The van der Waals surface area contributed by atoms with Gasteiger partial charge in [-0.1, -0.05) is 23.7 Å². The number of hydrogen-bond acceptors (Lipinski definition) is 4. The number of aromatic nitrogens is 1. The molecule has 1 heterocycles. The Labute approximate surface area is 109 Å². The highest BCUT2D eigenvalue weighted by atomic mass is 35.5. The molecule has 2 rings (SSSR count). The van der Waals surface area contributed by atoms with E-state index < -0.39 is 0 Å². The summed E-state index contributed by atoms with van der Waals surface area (Å²) in [5.41, 5.74) is 1.63. The van der Waals surface area contributed by atoms with Crippen molar-refractivity contribution in [2.24, 2.45) is 0 Å². The summed E-state index contributed by atoms with van der Waals surface area (Å²) >= 11 is 7.15. The number of aliphatic hydroxyl groups is 1. The van der Waals surface area contributed by atoms with Gasteiger partial charge in [0.1, 0.15) is 5.75 Å². The number of benzene rings is 1. The van der Waals surface area contributed by atoms with Crippen LogP contribution >= 0.6 is 22.9 Å². The van der Waals surface area contributed by atoms with E-state index in [0.717, 1.165) is 21.9 Å². The topological polar surface area (TPSA) is 42.4 Å². The molecule has 0 amide bonds. The Kier molecular flexibility index (Phi) is 3.99. The molecule has 2 aromatic rings. The van der Waals surface area contributed by atoms with Crippen LogP contribution in [-0.4, -0.2) is 16.7 Å². The van der Waals surface area contributed by atoms with Gasteiger partial charge in [-0.25, -0.2) is 4.98 Å². The molecule has 0 saturated carbocycles. The van der Waals surface area contributed by atoms with E-state index in [1.807, 2.05) is 31.2 Å². The zero-order chi connectivity index (χ0) is 12.3. The molecule has 3 nitrogen and oxygen atoms in total. The van der Waals surface area contributed by atoms with Crippen LogP contribution in [-0.2, 0) is 6.61 Å². The molecule has 0 saturated heterocycles. The fourth-order valence-electron chi connectivity index (χ4n) is 1.56. The quantitative estimate of drug-likeness (QED) is 0.925. The molecule has 17 heavy (non-hydrogen) atoms. The van der Waals surface area contributed by atoms with Gasteiger partial charge in [0.05, 0.1) is 23.8 Å². The van der Waals surface area contributed by atoms with Gasteiger partial charge < -0.3 is 9.84 Å². The van der Waals surface area contributed by atoms with E-state index in [1.54, 1.807) is 0 Å². The Morgan fingerprint density at radius 3 is 3.00 bits per heavy atom. The molecule has 90 valence electrons. The summed E-state index contributed by atoms with van der Waals surface area (Å²) < 4.78 is 5.86. The van der Waals surface area contributed by atoms with Crippen molar-refractivity contribution in [3.63, 3.8) is 0 Å². The maximum absolute atomic E-state index is 9.25. The lowest BCUT2D eigenvalue weighted by molar-refractivity contribution is 0.286. The number of aliphatic hydroxyl groups excluding tert-OH is 1. The van der Waals surface area contributed by atoms with Gasteiger partial charge in [-0.3, -0.25) is 0 Å². The van der Waals surface area contributed by atoms with E-state index in [4.69, 9.17) is 16.3 Å². The SMILES string of the molecule is CCOc1cccc(-c2nc(Cl)sc2CO)c1. The van der Waals surface area contributed by atoms with Gasteiger partial charge >= 0.3 is 0 Å². The summed E-state index contributed by atoms with van der Waals surface area (Å²) in [6.45, 7) is 2.50. The number of ether oxygens (including phenoxy) is 1. The Morgan fingerprint density at radius 2 is 2.29 bits per heavy atom. The molecular weight excluding hydrogens is 258 g/mol. The van der Waals surface area contributed by atoms with Crippen LogP contribution < -0.4 is 4.74 Å². The minimum absolute atomic E-state index is 0.0570. The molecule has 0 spiro atoms. The average Bonchev–Trinajstić information content (AvgIpc) is 2.71. The van der Waals surface area contributed by atoms with E-state index in [0.29, 0.717) is 11.1 Å². The van der Waals surface area contributed by atoms with Gasteiger partial charge in [0, 0.05) is 5.56 Å². The van der Waals surface area contributed by atoms with Crippen LogP contribution in [0.15, 0.2) is 24.3 Å². The van der Waals surface area contributed by atoms with Gasteiger partial charge in [-0.15, -0.1) is 11.3 Å². The largest absolute Gasteiger partial charge is 0.494 e. The number of rotatable bonds is 4. The van der Waals surface area contributed by atoms with E-state index in [9.17, 15) is 5.11 Å². The van der Waals surface area contributed by atoms with Gasteiger partial charge in [0.15, 0.2) is 4.47 Å². The second kappa shape index (κ2) is 5.49. The molecule has 0 fully saturated rings. The summed E-state index contributed by atoms with van der Waals surface area (Å²) in [4.78, 5) is 4.99. The first-order valence-electron chi connectivity index (χ1n) is 5.24. The van der Waals surface area contributed by atoms with Crippen LogP contribution in [0, 0.1) is 0 Å². The summed E-state index contributed by atoms with van der Waals surface area (Å²) in [5, 5.41) is 9.25. The third-order valence-corrected chi connectivity index (χ3v) is 3.38. The van der Waals surface area contributed by atoms with Crippen LogP contribution in [0.1, 0.15) is 11.8 Å². The Balaban J connectivity index is 2.41. The van der Waals surface area contributed by atoms with E-state index >= 15 is 0 Å². The summed E-state index contributed by atoms with van der Waals surface area (Å²) in [6.07, 6.45) is 0. The highest BCUT2D eigenvalue weighted by molar-refractivity contribution is 7.16. The maximum Gasteiger partial charge on any atom is 0.184 e. The smallest absolute Gasteiger partial charge is 0.184 e. The standard InChI is InChI=1S/C12H12ClNO2S/c1-2-16-9-5-3-4-8(6-9)11-10(7-15)17-12(13)14-11/h3-6,15H,2,7H2,1H3. The van der Waals surface area contributed by atoms with Crippen molar-refractivity contribution < 1.29 is 9.84 Å². The second-order valence-electron chi connectivity index (χ2n) is 3.36. The molecule has 0 radical (unpaired) electrons. The van der Waals surface area contributed by atoms with Crippen molar-refractivity contribution in [3.05, 3.63) is 33.6 Å². The van der Waals surface area contributed by atoms with Crippen molar-refractivity contribution in [1.82, 2.24) is 4.98 Å². The van der Waals surface area contributed by atoms with Crippen molar-refractivity contribution >= 4 is 22.9 Å². The fourth-order valence-corrected chi connectivity index (χ4v) is 2.58. The first-order chi connectivity index (χ1) is 8.24. The van der Waals surface area contributed by atoms with Gasteiger partial charge in [0.2, 0.25) is 0 Å². The number of hydrogen-bond donors (Lipinski definition) is 1. The van der Waals surface area contributed by atoms with E-state index in [2.05, 4.69) is 4.98 Å². The molecule has 5 heteroatoms. The van der Waals surface area contributed by atoms with Crippen molar-refractivity contribution in [1.29, 1.82) is 0 Å². The summed E-state index contributed by atoms with van der Waals surface area (Å²) in [7, 11) is 0. The van der Waals surface area contributed by atoms with Crippen molar-refractivity contribution in [2.45, 2.75) is 13.5 Å². The second-order valence-corrected chi connectivity index (χ2v) is 5.02. The zero-order valence-corrected chi connectivity index (χ0v) is 10.9. The molecule has 0 bridgehead atoms. The van der Waals surface area contributed by atoms with E-state index in [1.165, 1.54) is 11.3 Å². The highest BCUT2D eigenvalue weighted by Gasteiger charge is 2.11. The Bertz CT molecular complexity index is 513. The summed E-state index contributed by atoms with van der Waals surface area (Å²) in [6, 6.07) is 7.61. The molecule has 1 aromatic heterocycles. The molecule has 0 aliphatic rings. The molecule has 0 aliphatic heterocycles. The predicted octanol–water partition coefficient (Wildman–Crippen LogP) is 3.35. The maximum atomic E-state index is 9.25. The third kappa shape index (κ3) is 2.77. The van der Waals surface area contributed by atoms with Crippen LogP contribution in [0.5, 0.6) is 5.75 Å². The van der Waals surface area contributed by atoms with Crippen LogP contribution in [0.25, 0.3) is 11.3 Å². The van der Waals surface area contributed by atoms with Gasteiger partial charge in [-0.2, -0.15) is 0 Å². The minimum Gasteiger partial charge on any atom is -0.494 e. The minimum atomic E-state index is -0.0570. The third-order valence-electron chi connectivity index (χ3n) is 2.23. The molecular formula is C12H12ClNO2S. The number of halogens is 1. The Hall–Kier alpha value is -1.10. The molecule has 0 atom stereocenters.